The second kappa shape index (κ2) is 13.3. The van der Waals surface area contributed by atoms with Gasteiger partial charge in [0.1, 0.15) is 31.5 Å². The van der Waals surface area contributed by atoms with Crippen molar-refractivity contribution in [1.29, 1.82) is 0 Å². The Bertz CT molecular complexity index is 1280. The first-order valence-electron chi connectivity index (χ1n) is 13.8. The monoisotopic (exact) mass is 573 g/mol. The molecule has 1 aliphatic heterocycles. The van der Waals surface area contributed by atoms with Gasteiger partial charge in [-0.2, -0.15) is 0 Å². The van der Waals surface area contributed by atoms with Crippen molar-refractivity contribution in [1.82, 2.24) is 10.2 Å². The number of methoxy groups -OCH3 is 1. The maximum atomic E-state index is 13.9. The van der Waals surface area contributed by atoms with Crippen LogP contribution in [0.3, 0.4) is 0 Å². The number of fused-ring (bicyclic) bond motifs is 1. The van der Waals surface area contributed by atoms with Crippen LogP contribution in [-0.4, -0.2) is 70.3 Å². The highest BCUT2D eigenvalue weighted by atomic mass is 32.2. The summed E-state index contributed by atoms with van der Waals surface area (Å²) in [7, 11) is -2.28. The zero-order chi connectivity index (χ0) is 28.7. The number of benzene rings is 2. The molecule has 4 rings (SSSR count). The first-order chi connectivity index (χ1) is 19.2. The third-order valence-electron chi connectivity index (χ3n) is 7.34. The molecule has 2 amide bonds. The fraction of sp³-hybridized carbons (Fsp3) is 0.517. The van der Waals surface area contributed by atoms with Gasteiger partial charge >= 0.3 is 0 Å². The number of carbonyl (C=O) groups is 2. The highest BCUT2D eigenvalue weighted by Gasteiger charge is 2.33. The summed E-state index contributed by atoms with van der Waals surface area (Å²) >= 11 is 0. The van der Waals surface area contributed by atoms with E-state index < -0.39 is 28.5 Å². The number of ether oxygens (including phenoxy) is 3. The van der Waals surface area contributed by atoms with Crippen LogP contribution in [-0.2, 0) is 26.2 Å². The summed E-state index contributed by atoms with van der Waals surface area (Å²) < 4.78 is 43.3. The van der Waals surface area contributed by atoms with Gasteiger partial charge in [0.15, 0.2) is 11.5 Å². The number of sulfonamides is 1. The van der Waals surface area contributed by atoms with E-state index in [-0.39, 0.29) is 24.2 Å². The van der Waals surface area contributed by atoms with Crippen LogP contribution in [0, 0.1) is 0 Å². The molecule has 0 spiro atoms. The molecule has 0 aromatic heterocycles. The topological polar surface area (TPSA) is 114 Å². The second-order valence-corrected chi connectivity index (χ2v) is 12.1. The Morgan fingerprint density at radius 2 is 1.70 bits per heavy atom. The van der Waals surface area contributed by atoms with E-state index >= 15 is 0 Å². The molecule has 2 aliphatic rings. The Balaban J connectivity index is 1.62. The van der Waals surface area contributed by atoms with Gasteiger partial charge in [0.25, 0.3) is 0 Å². The molecule has 40 heavy (non-hydrogen) atoms. The van der Waals surface area contributed by atoms with Crippen LogP contribution in [0.15, 0.2) is 42.5 Å². The number of rotatable bonds is 11. The minimum Gasteiger partial charge on any atom is -0.497 e. The van der Waals surface area contributed by atoms with Crippen LogP contribution in [0.2, 0.25) is 0 Å². The minimum absolute atomic E-state index is 0.0819. The Labute approximate surface area is 236 Å². The lowest BCUT2D eigenvalue weighted by Crippen LogP contribution is -2.53. The molecule has 2 aromatic rings. The molecular weight excluding hydrogens is 534 g/mol. The normalized spacial score (nSPS) is 16.1. The molecule has 1 fully saturated rings. The predicted molar refractivity (Wildman–Crippen MR) is 152 cm³/mol. The van der Waals surface area contributed by atoms with E-state index in [0.29, 0.717) is 36.9 Å². The molecule has 1 atom stereocenters. The van der Waals surface area contributed by atoms with Gasteiger partial charge < -0.3 is 24.4 Å². The van der Waals surface area contributed by atoms with E-state index in [1.54, 1.807) is 37.4 Å². The van der Waals surface area contributed by atoms with Gasteiger partial charge in [-0.05, 0) is 49.1 Å². The maximum absolute atomic E-state index is 13.9. The highest BCUT2D eigenvalue weighted by Crippen LogP contribution is 2.35. The lowest BCUT2D eigenvalue weighted by atomic mass is 9.95. The fourth-order valence-electron chi connectivity index (χ4n) is 5.19. The van der Waals surface area contributed by atoms with Crippen LogP contribution in [0.1, 0.15) is 51.0 Å². The van der Waals surface area contributed by atoms with E-state index in [4.69, 9.17) is 14.2 Å². The third-order valence-corrected chi connectivity index (χ3v) is 8.48. The standard InChI is InChI=1S/C29H39N3O7S/c1-4-25(29(34)30-22-8-6-5-7-9-22)31(19-21-10-13-24(37-2)14-11-21)28(33)20-32(40(3,35)36)23-12-15-26-27(18-23)39-17-16-38-26/h10-15,18,22,25H,4-9,16-17,19-20H2,1-3H3,(H,30,34). The molecule has 0 radical (unpaired) electrons. The summed E-state index contributed by atoms with van der Waals surface area (Å²) in [6.07, 6.45) is 6.56. The van der Waals surface area contributed by atoms with Crippen LogP contribution in [0.4, 0.5) is 5.69 Å². The first kappa shape index (κ1) is 29.5. The Hall–Kier alpha value is -3.47. The van der Waals surface area contributed by atoms with Gasteiger partial charge in [-0.1, -0.05) is 38.3 Å². The fourth-order valence-corrected chi connectivity index (χ4v) is 6.03. The van der Waals surface area contributed by atoms with Crippen molar-refractivity contribution >= 4 is 27.5 Å². The average molecular weight is 574 g/mol. The summed E-state index contributed by atoms with van der Waals surface area (Å²) in [5.74, 6) is 0.897. The van der Waals surface area contributed by atoms with Crippen LogP contribution >= 0.6 is 0 Å². The number of carbonyl (C=O) groups excluding carboxylic acids is 2. The second-order valence-electron chi connectivity index (χ2n) is 10.2. The number of amides is 2. The molecule has 10 nitrogen and oxygen atoms in total. The number of anilines is 1. The van der Waals surface area contributed by atoms with Crippen LogP contribution in [0.25, 0.3) is 0 Å². The highest BCUT2D eigenvalue weighted by molar-refractivity contribution is 7.92. The summed E-state index contributed by atoms with van der Waals surface area (Å²) in [5, 5.41) is 3.14. The van der Waals surface area contributed by atoms with Crippen molar-refractivity contribution in [2.75, 3.05) is 37.4 Å². The molecule has 218 valence electrons. The maximum Gasteiger partial charge on any atom is 0.244 e. The van der Waals surface area contributed by atoms with E-state index in [1.807, 2.05) is 19.1 Å². The van der Waals surface area contributed by atoms with Gasteiger partial charge in [-0.3, -0.25) is 13.9 Å². The smallest absolute Gasteiger partial charge is 0.244 e. The Morgan fingerprint density at radius 3 is 2.33 bits per heavy atom. The predicted octanol–water partition coefficient (Wildman–Crippen LogP) is 3.49. The van der Waals surface area contributed by atoms with E-state index in [1.165, 1.54) is 4.90 Å². The summed E-state index contributed by atoms with van der Waals surface area (Å²) in [6, 6.07) is 11.3. The zero-order valence-electron chi connectivity index (χ0n) is 23.4. The largest absolute Gasteiger partial charge is 0.497 e. The van der Waals surface area contributed by atoms with Crippen molar-refractivity contribution in [3.05, 3.63) is 48.0 Å². The molecule has 1 heterocycles. The molecule has 1 unspecified atom stereocenters. The Kier molecular flexibility index (Phi) is 9.78. The number of hydrogen-bond donors (Lipinski definition) is 1. The number of nitrogens with one attached hydrogen (secondary N) is 1. The van der Waals surface area contributed by atoms with Crippen LogP contribution < -0.4 is 23.8 Å². The summed E-state index contributed by atoms with van der Waals surface area (Å²) in [6.45, 7) is 2.27. The van der Waals surface area contributed by atoms with Gasteiger partial charge in [0.2, 0.25) is 21.8 Å². The van der Waals surface area contributed by atoms with Gasteiger partial charge in [-0.25, -0.2) is 8.42 Å². The van der Waals surface area contributed by atoms with Crippen molar-refractivity contribution < 1.29 is 32.2 Å². The van der Waals surface area contributed by atoms with Crippen molar-refractivity contribution in [3.8, 4) is 17.2 Å². The first-order valence-corrected chi connectivity index (χ1v) is 15.6. The average Bonchev–Trinajstić information content (AvgIpc) is 2.95. The molecule has 11 heteroatoms. The molecular formula is C29H39N3O7S. The number of nitrogens with zero attached hydrogens (tertiary/aromatic N) is 2. The SMILES string of the molecule is CCC(C(=O)NC1CCCCC1)N(Cc1ccc(OC)cc1)C(=O)CN(c1ccc2c(c1)OCCO2)S(C)(=O)=O. The third kappa shape index (κ3) is 7.38. The molecule has 0 bridgehead atoms. The summed E-state index contributed by atoms with van der Waals surface area (Å²) in [5.41, 5.74) is 1.08. The molecule has 0 saturated heterocycles. The number of hydrogen-bond acceptors (Lipinski definition) is 7. The molecule has 1 saturated carbocycles. The van der Waals surface area contributed by atoms with Gasteiger partial charge in [0, 0.05) is 18.7 Å². The van der Waals surface area contributed by atoms with Gasteiger partial charge in [-0.15, -0.1) is 0 Å². The van der Waals surface area contributed by atoms with E-state index in [2.05, 4.69) is 5.32 Å². The lowest BCUT2D eigenvalue weighted by Gasteiger charge is -2.34. The molecule has 1 aliphatic carbocycles. The molecule has 1 N–H and O–H groups in total. The van der Waals surface area contributed by atoms with Gasteiger partial charge in [0.05, 0.1) is 19.1 Å². The summed E-state index contributed by atoms with van der Waals surface area (Å²) in [4.78, 5) is 28.9. The van der Waals surface area contributed by atoms with Crippen LogP contribution in [0.5, 0.6) is 17.2 Å². The van der Waals surface area contributed by atoms with E-state index in [0.717, 1.165) is 48.2 Å². The van der Waals surface area contributed by atoms with Crippen molar-refractivity contribution in [2.45, 2.75) is 64.1 Å². The Morgan fingerprint density at radius 1 is 1.02 bits per heavy atom. The van der Waals surface area contributed by atoms with E-state index in [9.17, 15) is 18.0 Å². The molecule has 2 aromatic carbocycles. The van der Waals surface area contributed by atoms with Crippen molar-refractivity contribution in [2.24, 2.45) is 0 Å². The van der Waals surface area contributed by atoms with Crippen molar-refractivity contribution in [3.63, 3.8) is 0 Å². The lowest BCUT2D eigenvalue weighted by molar-refractivity contribution is -0.140. The zero-order valence-corrected chi connectivity index (χ0v) is 24.2. The quantitative estimate of drug-likeness (QED) is 0.438. The minimum atomic E-state index is -3.86.